The zero-order valence-electron chi connectivity index (χ0n) is 12.2. The van der Waals surface area contributed by atoms with E-state index in [2.05, 4.69) is 49.0 Å². The van der Waals surface area contributed by atoms with Crippen LogP contribution in [0.3, 0.4) is 0 Å². The number of aromatic nitrogens is 2. The molecule has 1 aliphatic heterocycles. The van der Waals surface area contributed by atoms with Crippen LogP contribution in [-0.4, -0.2) is 15.9 Å². The summed E-state index contributed by atoms with van der Waals surface area (Å²) in [6.07, 6.45) is 0. The highest BCUT2D eigenvalue weighted by molar-refractivity contribution is 5.88. The summed E-state index contributed by atoms with van der Waals surface area (Å²) in [5.41, 5.74) is 5.51. The first-order chi connectivity index (χ1) is 9.49. The summed E-state index contributed by atoms with van der Waals surface area (Å²) < 4.78 is 0. The molecular formula is C16H19N3O. The Balaban J connectivity index is 2.17. The van der Waals surface area contributed by atoms with Crippen molar-refractivity contribution in [2.24, 2.45) is 10.9 Å². The molecule has 0 amide bonds. The molecule has 2 heterocycles. The maximum Gasteiger partial charge on any atom is 0.271 e. The molecule has 104 valence electrons. The second-order valence-electron chi connectivity index (χ2n) is 5.67. The number of fused-ring (bicyclic) bond motifs is 1. The van der Waals surface area contributed by atoms with Gasteiger partial charge in [-0.2, -0.15) is 0 Å². The van der Waals surface area contributed by atoms with Gasteiger partial charge in [-0.1, -0.05) is 13.0 Å². The van der Waals surface area contributed by atoms with Gasteiger partial charge in [-0.25, -0.2) is 0 Å². The first kappa shape index (κ1) is 12.9. The third kappa shape index (κ3) is 1.83. The van der Waals surface area contributed by atoms with Gasteiger partial charge in [0.25, 0.3) is 5.56 Å². The standard InChI is InChI=1S/C16H19N3O/c1-8-10(3)17-11(4)9(2)15(8)12-5-6-14-13(7-12)16(20)19-18-14/h5-8,15H,1-4H3,(H2,18,19,20). The van der Waals surface area contributed by atoms with Gasteiger partial charge in [0.2, 0.25) is 0 Å². The van der Waals surface area contributed by atoms with Crippen molar-refractivity contribution in [3.05, 3.63) is 45.4 Å². The fourth-order valence-electron chi connectivity index (χ4n) is 3.08. The summed E-state index contributed by atoms with van der Waals surface area (Å²) in [7, 11) is 0. The van der Waals surface area contributed by atoms with Crippen molar-refractivity contribution in [2.45, 2.75) is 33.6 Å². The van der Waals surface area contributed by atoms with E-state index >= 15 is 0 Å². The Morgan fingerprint density at radius 3 is 2.65 bits per heavy atom. The van der Waals surface area contributed by atoms with E-state index < -0.39 is 0 Å². The van der Waals surface area contributed by atoms with E-state index in [1.807, 2.05) is 12.1 Å². The van der Waals surface area contributed by atoms with Crippen LogP contribution in [0, 0.1) is 5.92 Å². The molecule has 2 aromatic rings. The average Bonchev–Trinajstić information content (AvgIpc) is 2.79. The summed E-state index contributed by atoms with van der Waals surface area (Å²) >= 11 is 0. The number of nitrogens with one attached hydrogen (secondary N) is 2. The highest BCUT2D eigenvalue weighted by Crippen LogP contribution is 2.38. The molecule has 4 heteroatoms. The SMILES string of the molecule is CC1=NC(C)=C(C)C(c2ccc3[nH][nH]c(=O)c3c2)C1C. The average molecular weight is 269 g/mol. The molecule has 2 atom stereocenters. The highest BCUT2D eigenvalue weighted by atomic mass is 16.1. The van der Waals surface area contributed by atoms with Crippen LogP contribution in [-0.2, 0) is 0 Å². The molecule has 3 rings (SSSR count). The molecule has 0 saturated heterocycles. The van der Waals surface area contributed by atoms with Crippen molar-refractivity contribution < 1.29 is 0 Å². The van der Waals surface area contributed by atoms with Gasteiger partial charge in [0.15, 0.2) is 0 Å². The van der Waals surface area contributed by atoms with E-state index in [9.17, 15) is 4.79 Å². The second kappa shape index (κ2) is 4.47. The minimum atomic E-state index is -0.0611. The molecule has 1 aliphatic rings. The topological polar surface area (TPSA) is 61.0 Å². The van der Waals surface area contributed by atoms with E-state index in [-0.39, 0.29) is 5.56 Å². The van der Waals surface area contributed by atoms with Gasteiger partial charge >= 0.3 is 0 Å². The molecule has 4 nitrogen and oxygen atoms in total. The lowest BCUT2D eigenvalue weighted by atomic mass is 9.77. The van der Waals surface area contributed by atoms with Crippen LogP contribution in [0.1, 0.15) is 39.2 Å². The van der Waals surface area contributed by atoms with Crippen LogP contribution in [0.5, 0.6) is 0 Å². The van der Waals surface area contributed by atoms with Gasteiger partial charge in [0.1, 0.15) is 0 Å². The number of benzene rings is 1. The Labute approximate surface area is 117 Å². The summed E-state index contributed by atoms with van der Waals surface area (Å²) in [4.78, 5) is 16.4. The van der Waals surface area contributed by atoms with Gasteiger partial charge in [-0.15, -0.1) is 0 Å². The number of hydrogen-bond donors (Lipinski definition) is 2. The third-order valence-electron chi connectivity index (χ3n) is 4.50. The maximum absolute atomic E-state index is 11.8. The number of hydrogen-bond acceptors (Lipinski definition) is 2. The quantitative estimate of drug-likeness (QED) is 0.819. The van der Waals surface area contributed by atoms with Gasteiger partial charge in [0.05, 0.1) is 10.9 Å². The predicted molar refractivity (Wildman–Crippen MR) is 82.3 cm³/mol. The van der Waals surface area contributed by atoms with Gasteiger partial charge in [-0.3, -0.25) is 20.0 Å². The fourth-order valence-corrected chi connectivity index (χ4v) is 3.08. The zero-order chi connectivity index (χ0) is 14.4. The predicted octanol–water partition coefficient (Wildman–Crippen LogP) is 3.34. The molecule has 0 spiro atoms. The minimum Gasteiger partial charge on any atom is -0.298 e. The van der Waals surface area contributed by atoms with Crippen molar-refractivity contribution in [1.82, 2.24) is 10.2 Å². The monoisotopic (exact) mass is 269 g/mol. The van der Waals surface area contributed by atoms with Crippen LogP contribution in [0.2, 0.25) is 0 Å². The van der Waals surface area contributed by atoms with Crippen LogP contribution in [0.4, 0.5) is 0 Å². The molecule has 1 aromatic carbocycles. The summed E-state index contributed by atoms with van der Waals surface area (Å²) in [6.45, 7) is 8.47. The molecular weight excluding hydrogens is 250 g/mol. The number of aromatic amines is 2. The van der Waals surface area contributed by atoms with E-state index in [0.717, 1.165) is 22.3 Å². The van der Waals surface area contributed by atoms with Crippen LogP contribution < -0.4 is 5.56 Å². The third-order valence-corrected chi connectivity index (χ3v) is 4.50. The number of nitrogens with zero attached hydrogens (tertiary/aromatic N) is 1. The molecule has 2 unspecified atom stereocenters. The van der Waals surface area contributed by atoms with E-state index in [0.29, 0.717) is 11.8 Å². The number of rotatable bonds is 1. The Bertz CT molecular complexity index is 791. The molecule has 0 saturated carbocycles. The lowest BCUT2D eigenvalue weighted by Crippen LogP contribution is -2.22. The van der Waals surface area contributed by atoms with Gasteiger partial charge in [0, 0.05) is 23.2 Å². The normalized spacial score (nSPS) is 23.3. The lowest BCUT2D eigenvalue weighted by molar-refractivity contribution is 0.624. The van der Waals surface area contributed by atoms with E-state index in [4.69, 9.17) is 0 Å². The second-order valence-corrected chi connectivity index (χ2v) is 5.67. The first-order valence-corrected chi connectivity index (χ1v) is 6.92. The molecule has 0 aliphatic carbocycles. The summed E-state index contributed by atoms with van der Waals surface area (Å²) in [6, 6.07) is 6.07. The van der Waals surface area contributed by atoms with E-state index in [1.54, 1.807) is 0 Å². The largest absolute Gasteiger partial charge is 0.298 e. The maximum atomic E-state index is 11.8. The van der Waals surface area contributed by atoms with Crippen molar-refractivity contribution in [2.75, 3.05) is 0 Å². The highest BCUT2D eigenvalue weighted by Gasteiger charge is 2.28. The zero-order valence-corrected chi connectivity index (χ0v) is 12.2. The fraction of sp³-hybridized carbons (Fsp3) is 0.375. The van der Waals surface area contributed by atoms with E-state index in [1.165, 1.54) is 11.1 Å². The molecule has 0 radical (unpaired) electrons. The first-order valence-electron chi connectivity index (χ1n) is 6.92. The van der Waals surface area contributed by atoms with Crippen LogP contribution >= 0.6 is 0 Å². The smallest absolute Gasteiger partial charge is 0.271 e. The molecule has 2 N–H and O–H groups in total. The van der Waals surface area contributed by atoms with Crippen molar-refractivity contribution in [1.29, 1.82) is 0 Å². The van der Waals surface area contributed by atoms with Crippen molar-refractivity contribution >= 4 is 16.6 Å². The Morgan fingerprint density at radius 2 is 1.90 bits per heavy atom. The van der Waals surface area contributed by atoms with Crippen LogP contribution in [0.15, 0.2) is 39.3 Å². The van der Waals surface area contributed by atoms with Crippen molar-refractivity contribution in [3.63, 3.8) is 0 Å². The Hall–Kier alpha value is -2.10. The Morgan fingerprint density at radius 1 is 1.15 bits per heavy atom. The molecule has 0 bridgehead atoms. The molecule has 20 heavy (non-hydrogen) atoms. The van der Waals surface area contributed by atoms with Gasteiger partial charge < -0.3 is 0 Å². The van der Waals surface area contributed by atoms with Gasteiger partial charge in [-0.05, 0) is 44.0 Å². The number of aliphatic imine (C=N–C) groups is 1. The molecule has 0 fully saturated rings. The number of allylic oxidation sites excluding steroid dienone is 2. The molecule has 1 aromatic heterocycles. The summed E-state index contributed by atoms with van der Waals surface area (Å²) in [5, 5.41) is 6.24. The minimum absolute atomic E-state index is 0.0611. The summed E-state index contributed by atoms with van der Waals surface area (Å²) in [5.74, 6) is 0.653. The lowest BCUT2D eigenvalue weighted by Gasteiger charge is -2.30. The Kier molecular flexibility index (Phi) is 2.89. The number of H-pyrrole nitrogens is 2. The van der Waals surface area contributed by atoms with Crippen LogP contribution in [0.25, 0.3) is 10.9 Å². The van der Waals surface area contributed by atoms with Crippen molar-refractivity contribution in [3.8, 4) is 0 Å².